The Morgan fingerprint density at radius 1 is 1.13 bits per heavy atom. The number of H-pyrrole nitrogens is 1. The van der Waals surface area contributed by atoms with Gasteiger partial charge in [-0.15, -0.1) is 5.10 Å². The Hall–Kier alpha value is -3.72. The number of rotatable bonds is 3. The average molecular weight is 419 g/mol. The van der Waals surface area contributed by atoms with Crippen LogP contribution in [0.5, 0.6) is 0 Å². The fourth-order valence-corrected chi connectivity index (χ4v) is 4.05. The van der Waals surface area contributed by atoms with E-state index in [0.717, 1.165) is 29.0 Å². The molecule has 0 spiro atoms. The van der Waals surface area contributed by atoms with E-state index in [1.54, 1.807) is 17.0 Å². The minimum Gasteiger partial charge on any atom is -0.402 e. The van der Waals surface area contributed by atoms with Crippen LogP contribution in [0, 0.1) is 0 Å². The van der Waals surface area contributed by atoms with Gasteiger partial charge in [0.15, 0.2) is 0 Å². The number of hydrogen-bond donors (Lipinski definition) is 1. The Morgan fingerprint density at radius 2 is 2.10 bits per heavy atom. The monoisotopic (exact) mass is 418 g/mol. The Morgan fingerprint density at radius 3 is 2.97 bits per heavy atom. The van der Waals surface area contributed by atoms with Gasteiger partial charge in [-0.3, -0.25) is 4.98 Å². The van der Waals surface area contributed by atoms with E-state index in [9.17, 15) is 0 Å². The van der Waals surface area contributed by atoms with Gasteiger partial charge in [0.05, 0.1) is 28.3 Å². The van der Waals surface area contributed by atoms with E-state index in [1.807, 2.05) is 47.5 Å². The zero-order valence-electron chi connectivity index (χ0n) is 15.6. The normalized spacial score (nSPS) is 16.2. The van der Waals surface area contributed by atoms with Crippen LogP contribution in [0.2, 0.25) is 5.02 Å². The highest BCUT2D eigenvalue weighted by Gasteiger charge is 2.36. The van der Waals surface area contributed by atoms with Crippen molar-refractivity contribution in [3.05, 3.63) is 77.2 Å². The molecular weight excluding hydrogens is 404 g/mol. The highest BCUT2D eigenvalue weighted by atomic mass is 35.5. The third kappa shape index (κ3) is 2.66. The third-order valence-corrected chi connectivity index (χ3v) is 5.54. The molecule has 30 heavy (non-hydrogen) atoms. The van der Waals surface area contributed by atoms with Gasteiger partial charge in [-0.25, -0.2) is 9.50 Å². The van der Waals surface area contributed by atoms with Crippen molar-refractivity contribution in [3.63, 3.8) is 0 Å². The highest BCUT2D eigenvalue weighted by Crippen LogP contribution is 2.37. The molecule has 9 nitrogen and oxygen atoms in total. The number of aromatic nitrogens is 7. The topological polar surface area (TPSA) is 101 Å². The number of pyridine rings is 2. The van der Waals surface area contributed by atoms with Crippen molar-refractivity contribution in [2.45, 2.75) is 12.5 Å². The molecule has 0 aliphatic carbocycles. The molecule has 0 aromatic carbocycles. The van der Waals surface area contributed by atoms with Crippen molar-refractivity contribution in [1.29, 1.82) is 0 Å². The molecule has 6 heterocycles. The number of imidazole rings is 1. The van der Waals surface area contributed by atoms with Crippen LogP contribution in [0.25, 0.3) is 17.1 Å². The first-order valence-electron chi connectivity index (χ1n) is 9.45. The second-order valence-electron chi connectivity index (χ2n) is 6.97. The van der Waals surface area contributed by atoms with Gasteiger partial charge < -0.3 is 14.3 Å². The largest absolute Gasteiger partial charge is 0.402 e. The predicted molar refractivity (Wildman–Crippen MR) is 109 cm³/mol. The summed E-state index contributed by atoms with van der Waals surface area (Å²) in [5.74, 6) is 0.371. The molecule has 1 N–H and O–H groups in total. The van der Waals surface area contributed by atoms with E-state index >= 15 is 0 Å². The fourth-order valence-electron chi connectivity index (χ4n) is 3.84. The number of anilines is 1. The van der Waals surface area contributed by atoms with Crippen LogP contribution in [0.15, 0.2) is 59.5 Å². The van der Waals surface area contributed by atoms with Crippen molar-refractivity contribution in [2.75, 3.05) is 11.4 Å². The van der Waals surface area contributed by atoms with Crippen LogP contribution >= 0.6 is 11.6 Å². The summed E-state index contributed by atoms with van der Waals surface area (Å²) in [6.45, 7) is 0.672. The maximum atomic E-state index is 6.37. The molecule has 1 aliphatic rings. The first kappa shape index (κ1) is 17.2. The second kappa shape index (κ2) is 6.67. The summed E-state index contributed by atoms with van der Waals surface area (Å²) in [6, 6.07) is 11.4. The quantitative estimate of drug-likeness (QED) is 0.479. The summed E-state index contributed by atoms with van der Waals surface area (Å²) >= 11 is 6.37. The van der Waals surface area contributed by atoms with Crippen molar-refractivity contribution >= 4 is 23.1 Å². The van der Waals surface area contributed by atoms with Gasteiger partial charge in [0.2, 0.25) is 0 Å². The number of nitrogens with zero attached hydrogens (tertiary/aromatic N) is 7. The molecule has 0 saturated carbocycles. The van der Waals surface area contributed by atoms with Gasteiger partial charge in [0.25, 0.3) is 5.89 Å². The maximum absolute atomic E-state index is 6.37. The Balaban J connectivity index is 1.46. The van der Waals surface area contributed by atoms with Gasteiger partial charge in [-0.1, -0.05) is 22.8 Å². The minimum atomic E-state index is -0.284. The SMILES string of the molecule is Clc1cccn2nc([C@H]3c4nc[nH]c4CCN3c3nnc(-c4ccccn4)o3)cc12. The summed E-state index contributed by atoms with van der Waals surface area (Å²) < 4.78 is 7.76. The van der Waals surface area contributed by atoms with Crippen LogP contribution < -0.4 is 4.90 Å². The average Bonchev–Trinajstić information content (AvgIpc) is 3.52. The van der Waals surface area contributed by atoms with Crippen LogP contribution in [0.4, 0.5) is 6.01 Å². The molecule has 5 aromatic heterocycles. The molecule has 148 valence electrons. The zero-order valence-corrected chi connectivity index (χ0v) is 16.4. The second-order valence-corrected chi connectivity index (χ2v) is 7.38. The lowest BCUT2D eigenvalue weighted by molar-refractivity contribution is 0.502. The highest BCUT2D eigenvalue weighted by molar-refractivity contribution is 6.33. The van der Waals surface area contributed by atoms with E-state index in [2.05, 4.69) is 25.1 Å². The van der Waals surface area contributed by atoms with Crippen molar-refractivity contribution in [2.24, 2.45) is 0 Å². The van der Waals surface area contributed by atoms with E-state index in [-0.39, 0.29) is 6.04 Å². The number of fused-ring (bicyclic) bond motifs is 2. The molecule has 0 amide bonds. The van der Waals surface area contributed by atoms with Crippen molar-refractivity contribution in [3.8, 4) is 11.6 Å². The molecular formula is C20H15ClN8O. The first-order chi connectivity index (χ1) is 14.8. The molecule has 5 aromatic rings. The molecule has 0 radical (unpaired) electrons. The third-order valence-electron chi connectivity index (χ3n) is 5.22. The van der Waals surface area contributed by atoms with Crippen LogP contribution in [-0.2, 0) is 6.42 Å². The standard InChI is InChI=1S/C20H15ClN8O/c21-12-4-3-8-29-16(12)10-15(27-29)18-17-13(23-11-24-17)6-9-28(18)20-26-25-19(30-20)14-5-1-2-7-22-14/h1-5,7-8,10-11,18H,6,9H2,(H,23,24)/t18-/m0/s1. The molecule has 0 fully saturated rings. The van der Waals surface area contributed by atoms with Gasteiger partial charge >= 0.3 is 6.01 Å². The number of aromatic amines is 1. The molecule has 6 rings (SSSR count). The van der Waals surface area contributed by atoms with Crippen LogP contribution in [-0.4, -0.2) is 41.3 Å². The minimum absolute atomic E-state index is 0.284. The van der Waals surface area contributed by atoms with Gasteiger partial charge in [0, 0.05) is 31.1 Å². The molecule has 0 saturated heterocycles. The van der Waals surface area contributed by atoms with E-state index in [0.29, 0.717) is 29.2 Å². The van der Waals surface area contributed by atoms with Crippen molar-refractivity contribution in [1.82, 2.24) is 34.8 Å². The summed E-state index contributed by atoms with van der Waals surface area (Å²) in [7, 11) is 0. The fraction of sp³-hybridized carbons (Fsp3) is 0.150. The molecule has 0 unspecified atom stereocenters. The van der Waals surface area contributed by atoms with E-state index in [4.69, 9.17) is 21.1 Å². The number of halogens is 1. The van der Waals surface area contributed by atoms with E-state index < -0.39 is 0 Å². The summed E-state index contributed by atoms with van der Waals surface area (Å²) in [5.41, 5.74) is 4.22. The van der Waals surface area contributed by atoms with Gasteiger partial charge in [0.1, 0.15) is 11.7 Å². The lowest BCUT2D eigenvalue weighted by atomic mass is 10.0. The molecule has 1 aliphatic heterocycles. The lowest BCUT2D eigenvalue weighted by Gasteiger charge is -2.32. The Bertz CT molecular complexity index is 1340. The summed E-state index contributed by atoms with van der Waals surface area (Å²) in [6.07, 6.45) is 6.05. The predicted octanol–water partition coefficient (Wildman–Crippen LogP) is 3.31. The molecule has 10 heteroatoms. The number of hydrogen-bond acceptors (Lipinski definition) is 7. The first-order valence-corrected chi connectivity index (χ1v) is 9.83. The van der Waals surface area contributed by atoms with Crippen LogP contribution in [0.3, 0.4) is 0 Å². The molecule has 0 bridgehead atoms. The summed E-state index contributed by atoms with van der Waals surface area (Å²) in [4.78, 5) is 14.1. The maximum Gasteiger partial charge on any atom is 0.319 e. The van der Waals surface area contributed by atoms with Crippen molar-refractivity contribution < 1.29 is 4.42 Å². The molecule has 1 atom stereocenters. The lowest BCUT2D eigenvalue weighted by Crippen LogP contribution is -2.36. The zero-order chi connectivity index (χ0) is 20.1. The number of nitrogens with one attached hydrogen (secondary N) is 1. The van der Waals surface area contributed by atoms with E-state index in [1.165, 1.54) is 0 Å². The Labute approximate surface area is 175 Å². The Kier molecular flexibility index (Phi) is 3.81. The van der Waals surface area contributed by atoms with Crippen LogP contribution in [0.1, 0.15) is 23.1 Å². The van der Waals surface area contributed by atoms with Gasteiger partial charge in [-0.2, -0.15) is 5.10 Å². The van der Waals surface area contributed by atoms with Gasteiger partial charge in [-0.05, 0) is 30.3 Å². The summed E-state index contributed by atoms with van der Waals surface area (Å²) in [5, 5.41) is 13.9. The smallest absolute Gasteiger partial charge is 0.319 e.